The van der Waals surface area contributed by atoms with E-state index in [4.69, 9.17) is 14.2 Å². The van der Waals surface area contributed by atoms with Crippen LogP contribution in [0.3, 0.4) is 0 Å². The number of hydrogen-bond donors (Lipinski definition) is 1. The van der Waals surface area contributed by atoms with Gasteiger partial charge in [0, 0.05) is 24.8 Å². The van der Waals surface area contributed by atoms with Crippen molar-refractivity contribution in [3.63, 3.8) is 0 Å². The van der Waals surface area contributed by atoms with Gasteiger partial charge in [-0.2, -0.15) is 0 Å². The number of carbonyl (C=O) groups excluding carboxylic acids is 1. The van der Waals surface area contributed by atoms with Crippen LogP contribution < -0.4 is 5.32 Å². The van der Waals surface area contributed by atoms with Gasteiger partial charge in [-0.05, 0) is 18.4 Å². The monoisotopic (exact) mass is 345 g/mol. The fraction of sp³-hybridized carbons (Fsp3) is 0.550. The molecule has 1 aromatic rings. The smallest absolute Gasteiger partial charge is 0.407 e. The Hall–Kier alpha value is -1.85. The number of alkyl carbamates (subject to hydrolysis) is 1. The van der Waals surface area contributed by atoms with Crippen LogP contribution in [0.4, 0.5) is 4.79 Å². The molecule has 136 valence electrons. The Balaban J connectivity index is 1.55. The predicted octanol–water partition coefficient (Wildman–Crippen LogP) is 3.79. The molecule has 1 N–H and O–H groups in total. The summed E-state index contributed by atoms with van der Waals surface area (Å²) in [7, 11) is 0. The first-order valence-corrected chi connectivity index (χ1v) is 9.12. The standard InChI is InChI=1S/C20H27NO4/c1-2-3-9-17-14-20(24-12-13-25-20)11-10-18(17)21-19(22)23-15-16-7-5-4-6-8-16/h3-9,17-18H,2,10-15H2,1H3,(H,21,22)/t17-,18+/m1/s1. The highest BCUT2D eigenvalue weighted by atomic mass is 16.7. The largest absolute Gasteiger partial charge is 0.445 e. The molecular weight excluding hydrogens is 318 g/mol. The molecule has 1 aliphatic carbocycles. The first kappa shape index (κ1) is 18.0. The summed E-state index contributed by atoms with van der Waals surface area (Å²) in [6, 6.07) is 9.75. The molecule has 2 fully saturated rings. The minimum absolute atomic E-state index is 0.0458. The van der Waals surface area contributed by atoms with Crippen LogP contribution in [0.2, 0.25) is 0 Å². The van der Waals surface area contributed by atoms with Crippen molar-refractivity contribution in [2.75, 3.05) is 13.2 Å². The highest BCUT2D eigenvalue weighted by Crippen LogP contribution is 2.39. The van der Waals surface area contributed by atoms with E-state index in [0.29, 0.717) is 13.2 Å². The molecule has 0 bridgehead atoms. The minimum atomic E-state index is -0.463. The number of hydrogen-bond acceptors (Lipinski definition) is 4. The lowest BCUT2D eigenvalue weighted by atomic mass is 9.80. The van der Waals surface area contributed by atoms with Gasteiger partial charge in [0.25, 0.3) is 0 Å². The number of amides is 1. The van der Waals surface area contributed by atoms with Gasteiger partial charge in [0.05, 0.1) is 13.2 Å². The van der Waals surface area contributed by atoms with E-state index in [1.54, 1.807) is 0 Å². The maximum atomic E-state index is 12.2. The molecule has 0 aromatic heterocycles. The van der Waals surface area contributed by atoms with E-state index in [-0.39, 0.29) is 24.7 Å². The van der Waals surface area contributed by atoms with Gasteiger partial charge >= 0.3 is 6.09 Å². The number of ether oxygens (including phenoxy) is 3. The molecule has 25 heavy (non-hydrogen) atoms. The normalized spacial score (nSPS) is 25.3. The summed E-state index contributed by atoms with van der Waals surface area (Å²) < 4.78 is 17.1. The highest BCUT2D eigenvalue weighted by molar-refractivity contribution is 5.67. The van der Waals surface area contributed by atoms with E-state index in [1.807, 2.05) is 30.3 Å². The SMILES string of the molecule is CCC=C[C@@H]1CC2(CC[C@@H]1NC(=O)OCc1ccccc1)OCCO2. The average Bonchev–Trinajstić information content (AvgIpc) is 3.09. The molecule has 1 saturated carbocycles. The van der Waals surface area contributed by atoms with E-state index in [2.05, 4.69) is 24.4 Å². The molecule has 1 amide bonds. The van der Waals surface area contributed by atoms with Gasteiger partial charge < -0.3 is 19.5 Å². The van der Waals surface area contributed by atoms with Gasteiger partial charge in [-0.15, -0.1) is 0 Å². The number of carbonyl (C=O) groups is 1. The molecule has 5 heteroatoms. The second kappa shape index (κ2) is 8.50. The number of nitrogens with one attached hydrogen (secondary N) is 1. The summed E-state index contributed by atoms with van der Waals surface area (Å²) in [5.41, 5.74) is 0.982. The topological polar surface area (TPSA) is 56.8 Å². The Labute approximate surface area is 149 Å². The summed E-state index contributed by atoms with van der Waals surface area (Å²) in [6.45, 7) is 3.70. The van der Waals surface area contributed by atoms with Crippen molar-refractivity contribution in [2.24, 2.45) is 5.92 Å². The molecule has 1 aliphatic heterocycles. The first-order chi connectivity index (χ1) is 12.2. The number of benzene rings is 1. The van der Waals surface area contributed by atoms with Crippen molar-refractivity contribution in [1.82, 2.24) is 5.32 Å². The molecule has 1 heterocycles. The van der Waals surface area contributed by atoms with E-state index in [9.17, 15) is 4.79 Å². The zero-order valence-corrected chi connectivity index (χ0v) is 14.8. The minimum Gasteiger partial charge on any atom is -0.445 e. The van der Waals surface area contributed by atoms with E-state index < -0.39 is 5.79 Å². The van der Waals surface area contributed by atoms with Crippen LogP contribution in [0.5, 0.6) is 0 Å². The fourth-order valence-corrected chi connectivity index (χ4v) is 3.56. The molecule has 0 unspecified atom stereocenters. The Morgan fingerprint density at radius 3 is 2.80 bits per heavy atom. The summed E-state index contributed by atoms with van der Waals surface area (Å²) in [6.07, 6.45) is 7.31. The van der Waals surface area contributed by atoms with Crippen LogP contribution in [-0.4, -0.2) is 31.1 Å². The molecule has 1 saturated heterocycles. The molecule has 0 radical (unpaired) electrons. The van der Waals surface area contributed by atoms with Crippen LogP contribution in [0.1, 0.15) is 38.2 Å². The zero-order chi connectivity index (χ0) is 17.5. The maximum Gasteiger partial charge on any atom is 0.407 e. The van der Waals surface area contributed by atoms with Crippen LogP contribution in [-0.2, 0) is 20.8 Å². The Morgan fingerprint density at radius 2 is 2.08 bits per heavy atom. The number of allylic oxidation sites excluding steroid dienone is 1. The molecule has 3 rings (SSSR count). The average molecular weight is 345 g/mol. The van der Waals surface area contributed by atoms with Gasteiger partial charge in [-0.3, -0.25) is 0 Å². The lowest BCUT2D eigenvalue weighted by molar-refractivity contribution is -0.186. The summed E-state index contributed by atoms with van der Waals surface area (Å²) in [4.78, 5) is 12.2. The molecule has 5 nitrogen and oxygen atoms in total. The van der Waals surface area contributed by atoms with Crippen LogP contribution in [0.25, 0.3) is 0 Å². The van der Waals surface area contributed by atoms with E-state index >= 15 is 0 Å². The highest BCUT2D eigenvalue weighted by Gasteiger charge is 2.44. The van der Waals surface area contributed by atoms with Gasteiger partial charge in [0.2, 0.25) is 0 Å². The van der Waals surface area contributed by atoms with Crippen molar-refractivity contribution < 1.29 is 19.0 Å². The third kappa shape index (κ3) is 4.83. The van der Waals surface area contributed by atoms with E-state index in [1.165, 1.54) is 0 Å². The molecule has 1 spiro atoms. The summed E-state index contributed by atoms with van der Waals surface area (Å²) in [5, 5.41) is 3.03. The summed E-state index contributed by atoms with van der Waals surface area (Å²) in [5.74, 6) is -0.273. The van der Waals surface area contributed by atoms with Crippen molar-refractivity contribution in [2.45, 2.75) is 51.0 Å². The molecule has 1 aromatic carbocycles. The van der Waals surface area contributed by atoms with Crippen LogP contribution in [0, 0.1) is 5.92 Å². The van der Waals surface area contributed by atoms with Crippen molar-refractivity contribution in [3.8, 4) is 0 Å². The van der Waals surface area contributed by atoms with E-state index in [0.717, 1.165) is 31.2 Å². The number of rotatable bonds is 5. The first-order valence-electron chi connectivity index (χ1n) is 9.12. The molecule has 2 aliphatic rings. The second-order valence-electron chi connectivity index (χ2n) is 6.66. The third-order valence-electron chi connectivity index (χ3n) is 4.85. The fourth-order valence-electron chi connectivity index (χ4n) is 3.56. The van der Waals surface area contributed by atoms with Crippen molar-refractivity contribution in [3.05, 3.63) is 48.0 Å². The van der Waals surface area contributed by atoms with Gasteiger partial charge in [-0.25, -0.2) is 4.79 Å². The van der Waals surface area contributed by atoms with Gasteiger partial charge in [-0.1, -0.05) is 49.4 Å². The third-order valence-corrected chi connectivity index (χ3v) is 4.85. The van der Waals surface area contributed by atoms with Crippen molar-refractivity contribution in [1.29, 1.82) is 0 Å². The quantitative estimate of drug-likeness (QED) is 0.825. The Bertz CT molecular complexity index is 581. The Morgan fingerprint density at radius 1 is 1.32 bits per heavy atom. The van der Waals surface area contributed by atoms with Gasteiger partial charge in [0.1, 0.15) is 6.61 Å². The molecular formula is C20H27NO4. The predicted molar refractivity (Wildman–Crippen MR) is 95.0 cm³/mol. The lowest BCUT2D eigenvalue weighted by Gasteiger charge is -2.40. The summed E-state index contributed by atoms with van der Waals surface area (Å²) >= 11 is 0. The molecule has 2 atom stereocenters. The van der Waals surface area contributed by atoms with Crippen LogP contribution in [0.15, 0.2) is 42.5 Å². The maximum absolute atomic E-state index is 12.2. The Kier molecular flexibility index (Phi) is 6.10. The second-order valence-corrected chi connectivity index (χ2v) is 6.66. The lowest BCUT2D eigenvalue weighted by Crippen LogP contribution is -2.49. The zero-order valence-electron chi connectivity index (χ0n) is 14.8. The van der Waals surface area contributed by atoms with Gasteiger partial charge in [0.15, 0.2) is 5.79 Å². The van der Waals surface area contributed by atoms with Crippen molar-refractivity contribution >= 4 is 6.09 Å². The van der Waals surface area contributed by atoms with Crippen LogP contribution >= 0.6 is 0 Å².